The lowest BCUT2D eigenvalue weighted by molar-refractivity contribution is 0.0951. The van der Waals surface area contributed by atoms with Crippen LogP contribution in [-0.2, 0) is 6.54 Å². The van der Waals surface area contributed by atoms with Gasteiger partial charge in [-0.25, -0.2) is 0 Å². The number of aromatic nitrogens is 1. The van der Waals surface area contributed by atoms with E-state index in [1.54, 1.807) is 6.07 Å². The van der Waals surface area contributed by atoms with Crippen LogP contribution in [0, 0.1) is 13.8 Å². The largest absolute Gasteiger partial charge is 0.385 e. The van der Waals surface area contributed by atoms with Gasteiger partial charge in [-0.05, 0) is 32.9 Å². The first kappa shape index (κ1) is 14.1. The topological polar surface area (TPSA) is 67.2 Å². The van der Waals surface area contributed by atoms with Crippen molar-refractivity contribution in [2.75, 3.05) is 11.9 Å². The van der Waals surface area contributed by atoms with Gasteiger partial charge < -0.3 is 15.2 Å². The van der Waals surface area contributed by atoms with E-state index in [0.29, 0.717) is 12.1 Å². The van der Waals surface area contributed by atoms with Crippen molar-refractivity contribution < 1.29 is 9.32 Å². The summed E-state index contributed by atoms with van der Waals surface area (Å²) in [7, 11) is 0. The Balaban J connectivity index is 2.09. The van der Waals surface area contributed by atoms with Crippen LogP contribution in [0.5, 0.6) is 0 Å². The van der Waals surface area contributed by atoms with E-state index in [9.17, 15) is 4.79 Å². The Hall–Kier alpha value is -2.30. The fraction of sp³-hybridized carbons (Fsp3) is 0.333. The van der Waals surface area contributed by atoms with E-state index in [-0.39, 0.29) is 5.91 Å². The molecule has 2 rings (SSSR count). The molecular weight excluding hydrogens is 254 g/mol. The lowest BCUT2D eigenvalue weighted by Gasteiger charge is -2.10. The van der Waals surface area contributed by atoms with E-state index >= 15 is 0 Å². The van der Waals surface area contributed by atoms with Crippen LogP contribution >= 0.6 is 0 Å². The number of benzene rings is 1. The normalized spacial score (nSPS) is 10.3. The number of nitrogens with zero attached hydrogens (tertiary/aromatic N) is 1. The van der Waals surface area contributed by atoms with Crippen molar-refractivity contribution >= 4 is 11.6 Å². The van der Waals surface area contributed by atoms with Crippen LogP contribution in [-0.4, -0.2) is 17.6 Å². The molecule has 1 heterocycles. The van der Waals surface area contributed by atoms with Gasteiger partial charge in [-0.15, -0.1) is 0 Å². The number of carbonyl (C=O) groups excluding carboxylic acids is 1. The molecule has 1 aromatic heterocycles. The molecule has 1 aromatic carbocycles. The highest BCUT2D eigenvalue weighted by molar-refractivity contribution is 5.99. The first-order valence-electron chi connectivity index (χ1n) is 6.66. The van der Waals surface area contributed by atoms with Crippen LogP contribution in [0.4, 0.5) is 5.69 Å². The number of hydrogen-bond donors (Lipinski definition) is 2. The third-order valence-corrected chi connectivity index (χ3v) is 3.15. The summed E-state index contributed by atoms with van der Waals surface area (Å²) in [6, 6.07) is 7.46. The highest BCUT2D eigenvalue weighted by Gasteiger charge is 2.13. The van der Waals surface area contributed by atoms with Crippen molar-refractivity contribution in [3.8, 4) is 0 Å². The van der Waals surface area contributed by atoms with Crippen LogP contribution in [0.15, 0.2) is 28.8 Å². The number of aryl methyl sites for hydroxylation is 2. The number of rotatable bonds is 5. The van der Waals surface area contributed by atoms with E-state index in [1.165, 1.54) is 0 Å². The van der Waals surface area contributed by atoms with Crippen molar-refractivity contribution in [3.63, 3.8) is 0 Å². The lowest BCUT2D eigenvalue weighted by atomic mass is 10.1. The monoisotopic (exact) mass is 273 g/mol. The summed E-state index contributed by atoms with van der Waals surface area (Å²) >= 11 is 0. The summed E-state index contributed by atoms with van der Waals surface area (Å²) in [4.78, 5) is 12.3. The zero-order chi connectivity index (χ0) is 14.5. The Morgan fingerprint density at radius 2 is 2.05 bits per heavy atom. The van der Waals surface area contributed by atoms with E-state index < -0.39 is 0 Å². The highest BCUT2D eigenvalue weighted by atomic mass is 16.5. The first-order valence-corrected chi connectivity index (χ1v) is 6.66. The molecule has 106 valence electrons. The molecule has 0 saturated carbocycles. The van der Waals surface area contributed by atoms with Crippen LogP contribution in [0.3, 0.4) is 0 Å². The van der Waals surface area contributed by atoms with Crippen LogP contribution in [0.2, 0.25) is 0 Å². The highest BCUT2D eigenvalue weighted by Crippen LogP contribution is 2.16. The van der Waals surface area contributed by atoms with E-state index in [2.05, 4.69) is 15.8 Å². The number of nitrogens with one attached hydrogen (secondary N) is 2. The number of para-hydroxylation sites is 1. The fourth-order valence-electron chi connectivity index (χ4n) is 2.04. The molecular formula is C15H19N3O2. The van der Waals surface area contributed by atoms with Gasteiger partial charge in [-0.3, -0.25) is 4.79 Å². The van der Waals surface area contributed by atoms with Crippen molar-refractivity contribution in [1.29, 1.82) is 0 Å². The summed E-state index contributed by atoms with van der Waals surface area (Å²) < 4.78 is 5.08. The van der Waals surface area contributed by atoms with Gasteiger partial charge in [0.2, 0.25) is 0 Å². The molecule has 0 atom stereocenters. The Bertz CT molecular complexity index is 585. The van der Waals surface area contributed by atoms with Crippen molar-refractivity contribution in [2.24, 2.45) is 0 Å². The van der Waals surface area contributed by atoms with Gasteiger partial charge in [0.25, 0.3) is 5.91 Å². The molecule has 0 spiro atoms. The molecule has 0 unspecified atom stereocenters. The predicted molar refractivity (Wildman–Crippen MR) is 77.8 cm³/mol. The van der Waals surface area contributed by atoms with Gasteiger partial charge in [-0.1, -0.05) is 17.3 Å². The smallest absolute Gasteiger partial charge is 0.253 e. The fourth-order valence-corrected chi connectivity index (χ4v) is 2.04. The molecule has 0 aliphatic rings. The van der Waals surface area contributed by atoms with Gasteiger partial charge in [-0.2, -0.15) is 0 Å². The Labute approximate surface area is 118 Å². The Morgan fingerprint density at radius 1 is 1.30 bits per heavy atom. The molecule has 2 aromatic rings. The molecule has 5 heteroatoms. The number of anilines is 1. The molecule has 1 amide bonds. The second-order valence-corrected chi connectivity index (χ2v) is 4.56. The standard InChI is InChI=1S/C15H19N3O2/c1-4-16-14-8-6-5-7-12(14)15(19)17-9-13-10(2)18-20-11(13)3/h5-8,16H,4,9H2,1-3H3,(H,17,19). The molecule has 0 bridgehead atoms. The number of hydrogen-bond acceptors (Lipinski definition) is 4. The second-order valence-electron chi connectivity index (χ2n) is 4.56. The molecule has 5 nitrogen and oxygen atoms in total. The zero-order valence-corrected chi connectivity index (χ0v) is 12.0. The SMILES string of the molecule is CCNc1ccccc1C(=O)NCc1c(C)noc1C. The summed E-state index contributed by atoms with van der Waals surface area (Å²) in [6.45, 7) is 6.89. The summed E-state index contributed by atoms with van der Waals surface area (Å²) in [6.07, 6.45) is 0. The number of carbonyl (C=O) groups is 1. The molecule has 20 heavy (non-hydrogen) atoms. The predicted octanol–water partition coefficient (Wildman–Crippen LogP) is 2.65. The zero-order valence-electron chi connectivity index (χ0n) is 12.0. The molecule has 0 fully saturated rings. The van der Waals surface area contributed by atoms with Crippen LogP contribution in [0.1, 0.15) is 34.3 Å². The molecule has 0 radical (unpaired) electrons. The molecule has 0 aliphatic heterocycles. The third-order valence-electron chi connectivity index (χ3n) is 3.15. The average Bonchev–Trinajstić information content (AvgIpc) is 2.76. The van der Waals surface area contributed by atoms with Gasteiger partial charge in [0.05, 0.1) is 11.3 Å². The minimum atomic E-state index is -0.110. The number of amides is 1. The quantitative estimate of drug-likeness (QED) is 0.879. The van der Waals surface area contributed by atoms with Crippen molar-refractivity contribution in [3.05, 3.63) is 46.8 Å². The maximum Gasteiger partial charge on any atom is 0.253 e. The van der Waals surface area contributed by atoms with Crippen LogP contribution in [0.25, 0.3) is 0 Å². The minimum absolute atomic E-state index is 0.110. The van der Waals surface area contributed by atoms with Gasteiger partial charge >= 0.3 is 0 Å². The third kappa shape index (κ3) is 2.99. The van der Waals surface area contributed by atoms with Gasteiger partial charge in [0.1, 0.15) is 5.76 Å². The van der Waals surface area contributed by atoms with E-state index in [0.717, 1.165) is 29.2 Å². The van der Waals surface area contributed by atoms with Crippen molar-refractivity contribution in [1.82, 2.24) is 10.5 Å². The minimum Gasteiger partial charge on any atom is -0.385 e. The van der Waals surface area contributed by atoms with Gasteiger partial charge in [0, 0.05) is 24.3 Å². The molecule has 2 N–H and O–H groups in total. The maximum absolute atomic E-state index is 12.3. The summed E-state index contributed by atoms with van der Waals surface area (Å²) in [5.74, 6) is 0.629. The van der Waals surface area contributed by atoms with E-state index in [1.807, 2.05) is 39.0 Å². The van der Waals surface area contributed by atoms with Gasteiger partial charge in [0.15, 0.2) is 0 Å². The first-order chi connectivity index (χ1) is 9.63. The Kier molecular flexibility index (Phi) is 4.40. The Morgan fingerprint density at radius 3 is 2.70 bits per heavy atom. The molecule has 0 saturated heterocycles. The summed E-state index contributed by atoms with van der Waals surface area (Å²) in [5.41, 5.74) is 3.22. The second kappa shape index (κ2) is 6.23. The lowest BCUT2D eigenvalue weighted by Crippen LogP contribution is -2.24. The van der Waals surface area contributed by atoms with Crippen LogP contribution < -0.4 is 10.6 Å². The van der Waals surface area contributed by atoms with E-state index in [4.69, 9.17) is 4.52 Å². The average molecular weight is 273 g/mol. The summed E-state index contributed by atoms with van der Waals surface area (Å²) in [5, 5.41) is 9.96. The molecule has 0 aliphatic carbocycles. The maximum atomic E-state index is 12.3. The van der Waals surface area contributed by atoms with Crippen molar-refractivity contribution in [2.45, 2.75) is 27.3 Å².